The minimum atomic E-state index is -0.116. The van der Waals surface area contributed by atoms with Crippen LogP contribution in [0.1, 0.15) is 51.0 Å². The molecule has 1 aromatic carbocycles. The maximum atomic E-state index is 9.61. The van der Waals surface area contributed by atoms with Gasteiger partial charge in [0.1, 0.15) is 0 Å². The van der Waals surface area contributed by atoms with E-state index in [1.165, 1.54) is 5.56 Å². The average Bonchev–Trinajstić information content (AvgIpc) is 2.66. The van der Waals surface area contributed by atoms with Crippen molar-refractivity contribution in [3.8, 4) is 0 Å². The number of benzene rings is 1. The lowest BCUT2D eigenvalue weighted by Crippen LogP contribution is -2.45. The molecular weight excluding hydrogens is 326 g/mol. The van der Waals surface area contributed by atoms with E-state index >= 15 is 0 Å². The molecule has 2 rings (SSSR count). The Morgan fingerprint density at radius 3 is 2.62 bits per heavy atom. The minimum Gasteiger partial charge on any atom is -0.393 e. The van der Waals surface area contributed by atoms with Gasteiger partial charge >= 0.3 is 0 Å². The van der Waals surface area contributed by atoms with Gasteiger partial charge < -0.3 is 20.5 Å². The predicted octanol–water partition coefficient (Wildman–Crippen LogP) is 2.88. The highest BCUT2D eigenvalue weighted by Crippen LogP contribution is 2.18. The van der Waals surface area contributed by atoms with Crippen molar-refractivity contribution in [3.05, 3.63) is 35.9 Å². The molecule has 1 aliphatic carbocycles. The molecule has 1 saturated carbocycles. The molecule has 0 bridgehead atoms. The van der Waals surface area contributed by atoms with Crippen LogP contribution in [-0.2, 0) is 11.2 Å². The highest BCUT2D eigenvalue weighted by molar-refractivity contribution is 5.80. The summed E-state index contributed by atoms with van der Waals surface area (Å²) in [6.45, 7) is 5.34. The first-order valence-corrected chi connectivity index (χ1v) is 10.1. The second-order valence-corrected chi connectivity index (χ2v) is 6.97. The van der Waals surface area contributed by atoms with Crippen LogP contribution in [-0.4, -0.2) is 49.5 Å². The third-order valence-corrected chi connectivity index (χ3v) is 4.73. The number of nitrogens with one attached hydrogen (secondary N) is 2. The van der Waals surface area contributed by atoms with Crippen LogP contribution < -0.4 is 10.6 Å². The monoisotopic (exact) mass is 361 g/mol. The zero-order valence-electron chi connectivity index (χ0n) is 16.1. The number of aliphatic hydroxyl groups is 1. The number of aliphatic imine (C=N–C) groups is 1. The molecule has 0 amide bonds. The topological polar surface area (TPSA) is 65.9 Å². The van der Waals surface area contributed by atoms with Crippen molar-refractivity contribution >= 4 is 5.96 Å². The molecule has 3 N–H and O–H groups in total. The number of hydrogen-bond donors (Lipinski definition) is 3. The van der Waals surface area contributed by atoms with Crippen molar-refractivity contribution < 1.29 is 9.84 Å². The Balaban J connectivity index is 1.54. The molecule has 0 saturated heterocycles. The van der Waals surface area contributed by atoms with Crippen molar-refractivity contribution in [1.82, 2.24) is 10.6 Å². The Labute approximate surface area is 158 Å². The molecule has 5 nitrogen and oxygen atoms in total. The van der Waals surface area contributed by atoms with E-state index in [-0.39, 0.29) is 6.10 Å². The molecule has 0 aliphatic heterocycles. The minimum absolute atomic E-state index is 0.116. The summed E-state index contributed by atoms with van der Waals surface area (Å²) in [6, 6.07) is 10.9. The number of hydrogen-bond acceptors (Lipinski definition) is 3. The predicted molar refractivity (Wildman–Crippen MR) is 108 cm³/mol. The van der Waals surface area contributed by atoms with Gasteiger partial charge in [0.25, 0.3) is 0 Å². The van der Waals surface area contributed by atoms with E-state index in [4.69, 9.17) is 4.74 Å². The Bertz CT molecular complexity index is 499. The van der Waals surface area contributed by atoms with Crippen LogP contribution in [0.2, 0.25) is 0 Å². The zero-order valence-corrected chi connectivity index (χ0v) is 16.1. The summed E-state index contributed by atoms with van der Waals surface area (Å²) in [5.74, 6) is 0.902. The van der Waals surface area contributed by atoms with Gasteiger partial charge in [-0.1, -0.05) is 30.3 Å². The number of guanidine groups is 1. The maximum Gasteiger partial charge on any atom is 0.191 e. The second-order valence-electron chi connectivity index (χ2n) is 6.97. The van der Waals surface area contributed by atoms with Crippen molar-refractivity contribution in [2.45, 2.75) is 64.0 Å². The van der Waals surface area contributed by atoms with Gasteiger partial charge in [0.2, 0.25) is 0 Å². The third-order valence-electron chi connectivity index (χ3n) is 4.73. The van der Waals surface area contributed by atoms with Crippen molar-refractivity contribution in [2.24, 2.45) is 4.99 Å². The molecule has 26 heavy (non-hydrogen) atoms. The molecule has 5 heteroatoms. The van der Waals surface area contributed by atoms with Crippen LogP contribution in [0.15, 0.2) is 35.3 Å². The molecule has 0 spiro atoms. The number of aliphatic hydroxyl groups excluding tert-OH is 1. The number of unbranched alkanes of at least 4 members (excludes halogenated alkanes) is 1. The molecule has 0 atom stereocenters. The van der Waals surface area contributed by atoms with E-state index < -0.39 is 0 Å². The quantitative estimate of drug-likeness (QED) is 0.341. The van der Waals surface area contributed by atoms with Crippen molar-refractivity contribution in [1.29, 1.82) is 0 Å². The molecular formula is C21H35N3O2. The highest BCUT2D eigenvalue weighted by Gasteiger charge is 2.19. The fraction of sp³-hybridized carbons (Fsp3) is 0.667. The van der Waals surface area contributed by atoms with Gasteiger partial charge in [0, 0.05) is 25.7 Å². The fourth-order valence-corrected chi connectivity index (χ4v) is 3.18. The van der Waals surface area contributed by atoms with Gasteiger partial charge in [0.15, 0.2) is 5.96 Å². The van der Waals surface area contributed by atoms with Crippen LogP contribution >= 0.6 is 0 Å². The van der Waals surface area contributed by atoms with Crippen LogP contribution in [0.25, 0.3) is 0 Å². The molecule has 0 heterocycles. The summed E-state index contributed by atoms with van der Waals surface area (Å²) in [7, 11) is 0. The third kappa shape index (κ3) is 8.68. The fourth-order valence-electron chi connectivity index (χ4n) is 3.18. The van der Waals surface area contributed by atoms with Crippen molar-refractivity contribution in [3.63, 3.8) is 0 Å². The molecule has 1 aliphatic rings. The summed E-state index contributed by atoms with van der Waals surface area (Å²) < 4.78 is 5.72. The van der Waals surface area contributed by atoms with Crippen LogP contribution in [0.4, 0.5) is 0 Å². The summed E-state index contributed by atoms with van der Waals surface area (Å²) in [5, 5.41) is 16.4. The average molecular weight is 362 g/mol. The molecule has 0 unspecified atom stereocenters. The molecule has 0 radical (unpaired) electrons. The first kappa shape index (κ1) is 20.7. The standard InChI is InChI=1S/C21H35N3O2/c1-2-22-21(24-19-10-12-20(25)13-11-19)23-15-6-7-16-26-17-14-18-8-4-3-5-9-18/h3-5,8-9,19-20,25H,2,6-7,10-17H2,1H3,(H2,22,23,24). The van der Waals surface area contributed by atoms with Crippen LogP contribution in [0.3, 0.4) is 0 Å². The lowest BCUT2D eigenvalue weighted by molar-refractivity contribution is 0.120. The van der Waals surface area contributed by atoms with Gasteiger partial charge in [-0.25, -0.2) is 0 Å². The van der Waals surface area contributed by atoms with Gasteiger partial charge in [-0.05, 0) is 57.4 Å². The smallest absolute Gasteiger partial charge is 0.191 e. The van der Waals surface area contributed by atoms with E-state index in [0.29, 0.717) is 6.04 Å². The molecule has 0 aromatic heterocycles. The van der Waals surface area contributed by atoms with Gasteiger partial charge in [-0.3, -0.25) is 4.99 Å². The summed E-state index contributed by atoms with van der Waals surface area (Å²) in [6.07, 6.45) is 6.73. The molecule has 1 aromatic rings. The Morgan fingerprint density at radius 1 is 1.12 bits per heavy atom. The summed E-state index contributed by atoms with van der Waals surface area (Å²) in [5.41, 5.74) is 1.33. The van der Waals surface area contributed by atoms with Crippen LogP contribution in [0.5, 0.6) is 0 Å². The van der Waals surface area contributed by atoms with E-state index in [2.05, 4.69) is 46.8 Å². The van der Waals surface area contributed by atoms with Crippen LogP contribution in [0, 0.1) is 0 Å². The summed E-state index contributed by atoms with van der Waals surface area (Å²) in [4.78, 5) is 4.67. The Morgan fingerprint density at radius 2 is 1.88 bits per heavy atom. The number of rotatable bonds is 10. The zero-order chi connectivity index (χ0) is 18.5. The lowest BCUT2D eigenvalue weighted by Gasteiger charge is -2.27. The summed E-state index contributed by atoms with van der Waals surface area (Å²) >= 11 is 0. The first-order chi connectivity index (χ1) is 12.8. The molecule has 146 valence electrons. The van der Waals surface area contributed by atoms with E-state index in [1.807, 2.05) is 6.07 Å². The largest absolute Gasteiger partial charge is 0.393 e. The van der Waals surface area contributed by atoms with Gasteiger partial charge in [0.05, 0.1) is 12.7 Å². The maximum absolute atomic E-state index is 9.61. The Hall–Kier alpha value is -1.59. The van der Waals surface area contributed by atoms with E-state index in [1.54, 1.807) is 0 Å². The van der Waals surface area contributed by atoms with E-state index in [9.17, 15) is 5.11 Å². The normalized spacial score (nSPS) is 20.8. The van der Waals surface area contributed by atoms with Gasteiger partial charge in [-0.15, -0.1) is 0 Å². The van der Waals surface area contributed by atoms with E-state index in [0.717, 1.165) is 77.2 Å². The SMILES string of the molecule is CCNC(=NCCCCOCCc1ccccc1)NC1CCC(O)CC1. The molecule has 1 fully saturated rings. The highest BCUT2D eigenvalue weighted by atomic mass is 16.5. The second kappa shape index (κ2) is 12.7. The Kier molecular flexibility index (Phi) is 10.1. The number of ether oxygens (including phenoxy) is 1. The van der Waals surface area contributed by atoms with Gasteiger partial charge in [-0.2, -0.15) is 0 Å². The number of nitrogens with zero attached hydrogens (tertiary/aromatic N) is 1. The van der Waals surface area contributed by atoms with Crippen molar-refractivity contribution in [2.75, 3.05) is 26.3 Å². The lowest BCUT2D eigenvalue weighted by atomic mass is 9.93. The first-order valence-electron chi connectivity index (χ1n) is 10.1.